The second kappa shape index (κ2) is 4.44. The van der Waals surface area contributed by atoms with Crippen molar-refractivity contribution in [2.45, 2.75) is 77.7 Å². The number of fused-ring (bicyclic) bond motifs is 5. The molecule has 20 heavy (non-hydrogen) atoms. The van der Waals surface area contributed by atoms with E-state index in [1.807, 2.05) is 0 Å². The molecule has 0 aromatic heterocycles. The molecule has 4 rings (SSSR count). The van der Waals surface area contributed by atoms with E-state index in [-0.39, 0.29) is 0 Å². The number of hydrogen-bond donors (Lipinski definition) is 1. The van der Waals surface area contributed by atoms with Crippen molar-refractivity contribution in [3.05, 3.63) is 0 Å². The number of nitrogens with one attached hydrogen (secondary N) is 1. The molecule has 112 valence electrons. The molecule has 1 saturated heterocycles. The maximum absolute atomic E-state index is 5.45. The van der Waals surface area contributed by atoms with E-state index >= 15 is 0 Å². The van der Waals surface area contributed by atoms with Gasteiger partial charge in [-0.1, -0.05) is 32.5 Å². The summed E-state index contributed by atoms with van der Waals surface area (Å²) in [4.78, 5) is 1.13. The molecule has 0 aromatic rings. The lowest BCUT2D eigenvalue weighted by molar-refractivity contribution is -0.0755. The first kappa shape index (κ1) is 13.5. The van der Waals surface area contributed by atoms with Crippen LogP contribution in [0.1, 0.15) is 71.6 Å². The van der Waals surface area contributed by atoms with E-state index in [1.54, 1.807) is 0 Å². The molecule has 0 aromatic carbocycles. The van der Waals surface area contributed by atoms with Gasteiger partial charge in [-0.2, -0.15) is 0 Å². The Bertz CT molecular complexity index is 433. The molecule has 1 unspecified atom stereocenters. The Kier molecular flexibility index (Phi) is 3.01. The molecule has 6 atom stereocenters. The fourth-order valence-corrected chi connectivity index (χ4v) is 6.94. The molecule has 0 bridgehead atoms. The average Bonchev–Trinajstić information content (AvgIpc) is 2.81. The van der Waals surface area contributed by atoms with Crippen molar-refractivity contribution < 1.29 is 0 Å². The summed E-state index contributed by atoms with van der Waals surface area (Å²) in [5, 5.41) is 3.69. The van der Waals surface area contributed by atoms with Gasteiger partial charge in [-0.3, -0.25) is 0 Å². The highest BCUT2D eigenvalue weighted by atomic mass is 32.1. The molecule has 3 saturated carbocycles. The molecule has 4 fully saturated rings. The zero-order valence-corrected chi connectivity index (χ0v) is 13.9. The number of piperidine rings is 1. The van der Waals surface area contributed by atoms with E-state index < -0.39 is 0 Å². The average molecular weight is 292 g/mol. The standard InChI is InChI=1S/C18H29NS/c1-17-9-3-4-13(17)12-5-6-15-18(2,14(12)7-10-17)11-8-16(20)19-15/h12-15H,3-11H2,1-2H3,(H,19,20)/t12-,13-,14+,15?,17-,18+/m0/s1. The van der Waals surface area contributed by atoms with Gasteiger partial charge in [0.1, 0.15) is 0 Å². The van der Waals surface area contributed by atoms with Crippen LogP contribution in [0.3, 0.4) is 0 Å². The second-order valence-corrected chi connectivity index (χ2v) is 9.16. The largest absolute Gasteiger partial charge is 0.376 e. The van der Waals surface area contributed by atoms with Crippen molar-refractivity contribution >= 4 is 17.2 Å². The van der Waals surface area contributed by atoms with Crippen molar-refractivity contribution in [1.29, 1.82) is 0 Å². The first-order valence-electron chi connectivity index (χ1n) is 8.82. The van der Waals surface area contributed by atoms with E-state index in [9.17, 15) is 0 Å². The molecule has 1 N–H and O–H groups in total. The quantitative estimate of drug-likeness (QED) is 0.649. The molecular weight excluding hydrogens is 262 g/mol. The molecule has 0 spiro atoms. The third-order valence-electron chi connectivity index (χ3n) is 7.88. The molecule has 3 aliphatic carbocycles. The maximum atomic E-state index is 5.45. The van der Waals surface area contributed by atoms with Gasteiger partial charge in [0.2, 0.25) is 0 Å². The zero-order chi connectivity index (χ0) is 14.0. The Morgan fingerprint density at radius 1 is 1.00 bits per heavy atom. The van der Waals surface area contributed by atoms with Crippen LogP contribution >= 0.6 is 12.2 Å². The van der Waals surface area contributed by atoms with Crippen molar-refractivity contribution in [3.8, 4) is 0 Å². The summed E-state index contributed by atoms with van der Waals surface area (Å²) >= 11 is 5.45. The highest BCUT2D eigenvalue weighted by Gasteiger charge is 2.57. The fourth-order valence-electron chi connectivity index (χ4n) is 6.70. The van der Waals surface area contributed by atoms with Crippen LogP contribution in [0.2, 0.25) is 0 Å². The lowest BCUT2D eigenvalue weighted by atomic mass is 9.48. The van der Waals surface area contributed by atoms with Crippen LogP contribution < -0.4 is 5.32 Å². The van der Waals surface area contributed by atoms with Crippen LogP contribution in [0.15, 0.2) is 0 Å². The van der Waals surface area contributed by atoms with Gasteiger partial charge in [0, 0.05) is 6.04 Å². The summed E-state index contributed by atoms with van der Waals surface area (Å²) in [7, 11) is 0. The highest BCUT2D eigenvalue weighted by molar-refractivity contribution is 7.80. The van der Waals surface area contributed by atoms with E-state index in [0.29, 0.717) is 16.9 Å². The first-order valence-corrected chi connectivity index (χ1v) is 9.23. The van der Waals surface area contributed by atoms with Crippen molar-refractivity contribution in [2.24, 2.45) is 28.6 Å². The summed E-state index contributed by atoms with van der Waals surface area (Å²) in [5.74, 6) is 3.02. The van der Waals surface area contributed by atoms with Crippen LogP contribution in [0.25, 0.3) is 0 Å². The molecule has 1 aliphatic heterocycles. The minimum Gasteiger partial charge on any atom is -0.376 e. The van der Waals surface area contributed by atoms with Crippen molar-refractivity contribution in [3.63, 3.8) is 0 Å². The predicted octanol–water partition coefficient (Wildman–Crippen LogP) is 4.70. The number of hydrogen-bond acceptors (Lipinski definition) is 1. The molecule has 4 aliphatic rings. The summed E-state index contributed by atoms with van der Waals surface area (Å²) in [5.41, 5.74) is 1.22. The van der Waals surface area contributed by atoms with Gasteiger partial charge in [0.15, 0.2) is 0 Å². The molecule has 0 amide bonds. The first-order chi connectivity index (χ1) is 9.53. The second-order valence-electron chi connectivity index (χ2n) is 8.67. The van der Waals surface area contributed by atoms with Gasteiger partial charge in [-0.05, 0) is 80.0 Å². The van der Waals surface area contributed by atoms with Crippen LogP contribution in [0.5, 0.6) is 0 Å². The minimum atomic E-state index is 0.523. The Hall–Kier alpha value is -0.110. The van der Waals surface area contributed by atoms with Crippen LogP contribution in [-0.2, 0) is 0 Å². The summed E-state index contributed by atoms with van der Waals surface area (Å²) in [6, 6.07) is 0.677. The predicted molar refractivity (Wildman–Crippen MR) is 87.8 cm³/mol. The van der Waals surface area contributed by atoms with Gasteiger partial charge in [0.05, 0.1) is 4.99 Å². The fraction of sp³-hybridized carbons (Fsp3) is 0.944. The maximum Gasteiger partial charge on any atom is 0.0755 e. The van der Waals surface area contributed by atoms with Crippen LogP contribution in [-0.4, -0.2) is 11.0 Å². The SMILES string of the molecule is C[C@@]12CCC[C@H]1[C@@H]1CCC3NC(=S)CC[C@]3(C)[C@@H]1CC2. The summed E-state index contributed by atoms with van der Waals surface area (Å²) in [6.45, 7) is 5.18. The van der Waals surface area contributed by atoms with Crippen LogP contribution in [0, 0.1) is 28.6 Å². The summed E-state index contributed by atoms with van der Waals surface area (Å²) in [6.07, 6.45) is 12.8. The summed E-state index contributed by atoms with van der Waals surface area (Å²) < 4.78 is 0. The molecule has 0 radical (unpaired) electrons. The van der Waals surface area contributed by atoms with E-state index in [1.165, 1.54) is 51.4 Å². The molecule has 1 nitrogen and oxygen atoms in total. The Labute approximate surface area is 129 Å². The molecule has 1 heterocycles. The Morgan fingerprint density at radius 2 is 1.85 bits per heavy atom. The Morgan fingerprint density at radius 3 is 2.70 bits per heavy atom. The van der Waals surface area contributed by atoms with Gasteiger partial charge in [-0.15, -0.1) is 0 Å². The minimum absolute atomic E-state index is 0.523. The van der Waals surface area contributed by atoms with Gasteiger partial charge < -0.3 is 5.32 Å². The monoisotopic (exact) mass is 291 g/mol. The topological polar surface area (TPSA) is 12.0 Å². The normalized spacial score (nSPS) is 54.6. The molecular formula is C18H29NS. The lowest BCUT2D eigenvalue weighted by Gasteiger charge is -2.60. The number of thiocarbonyl (C=S) groups is 1. The van der Waals surface area contributed by atoms with Crippen molar-refractivity contribution in [2.75, 3.05) is 0 Å². The third-order valence-corrected chi connectivity index (χ3v) is 8.20. The lowest BCUT2D eigenvalue weighted by Crippen LogP contribution is -2.60. The van der Waals surface area contributed by atoms with Gasteiger partial charge >= 0.3 is 0 Å². The zero-order valence-electron chi connectivity index (χ0n) is 13.1. The van der Waals surface area contributed by atoms with E-state index in [2.05, 4.69) is 19.2 Å². The van der Waals surface area contributed by atoms with E-state index in [4.69, 9.17) is 12.2 Å². The van der Waals surface area contributed by atoms with E-state index in [0.717, 1.165) is 29.2 Å². The van der Waals surface area contributed by atoms with Gasteiger partial charge in [0.25, 0.3) is 0 Å². The smallest absolute Gasteiger partial charge is 0.0755 e. The Balaban J connectivity index is 1.64. The number of rotatable bonds is 0. The third kappa shape index (κ3) is 1.76. The highest BCUT2D eigenvalue weighted by Crippen LogP contribution is 2.63. The van der Waals surface area contributed by atoms with Gasteiger partial charge in [-0.25, -0.2) is 0 Å². The van der Waals surface area contributed by atoms with Crippen molar-refractivity contribution in [1.82, 2.24) is 5.32 Å². The molecule has 2 heteroatoms. The van der Waals surface area contributed by atoms with Crippen LogP contribution in [0.4, 0.5) is 0 Å².